The molecule has 0 aliphatic carbocycles. The summed E-state index contributed by atoms with van der Waals surface area (Å²) in [6, 6.07) is 6.64. The molecule has 7 heteroatoms. The van der Waals surface area contributed by atoms with Crippen LogP contribution < -0.4 is 5.32 Å². The van der Waals surface area contributed by atoms with Crippen LogP contribution in [-0.2, 0) is 19.4 Å². The topological polar surface area (TPSA) is 89.5 Å². The molecule has 1 aromatic rings. The van der Waals surface area contributed by atoms with Gasteiger partial charge in [0.2, 0.25) is 0 Å². The SMILES string of the molecule is CC(C)c1ccc(C(=O)OCC(=O)N[C@H]2CCS(=O)(=O)C2)cc1. The van der Waals surface area contributed by atoms with E-state index in [1.165, 1.54) is 0 Å². The van der Waals surface area contributed by atoms with E-state index in [9.17, 15) is 18.0 Å². The van der Waals surface area contributed by atoms with E-state index < -0.39 is 34.4 Å². The molecule has 0 radical (unpaired) electrons. The third-order valence-corrected chi connectivity index (χ3v) is 5.51. The van der Waals surface area contributed by atoms with E-state index in [1.54, 1.807) is 12.1 Å². The summed E-state index contributed by atoms with van der Waals surface area (Å²) in [4.78, 5) is 23.6. The molecule has 1 aliphatic heterocycles. The van der Waals surface area contributed by atoms with Gasteiger partial charge in [-0.2, -0.15) is 0 Å². The second-order valence-electron chi connectivity index (χ2n) is 6.02. The summed E-state index contributed by atoms with van der Waals surface area (Å²) in [5.41, 5.74) is 1.49. The van der Waals surface area contributed by atoms with E-state index in [0.717, 1.165) is 5.56 Å². The lowest BCUT2D eigenvalue weighted by molar-refractivity contribution is -0.124. The fourth-order valence-electron chi connectivity index (χ4n) is 2.40. The Morgan fingerprint density at radius 3 is 2.43 bits per heavy atom. The molecule has 1 atom stereocenters. The van der Waals surface area contributed by atoms with Crippen LogP contribution in [0.4, 0.5) is 0 Å². The van der Waals surface area contributed by atoms with Crippen LogP contribution in [0.1, 0.15) is 42.1 Å². The lowest BCUT2D eigenvalue weighted by Crippen LogP contribution is -2.38. The Bertz CT molecular complexity index is 679. The second-order valence-corrected chi connectivity index (χ2v) is 8.25. The van der Waals surface area contributed by atoms with E-state index >= 15 is 0 Å². The van der Waals surface area contributed by atoms with E-state index in [2.05, 4.69) is 19.2 Å². The Labute approximate surface area is 136 Å². The molecule has 0 spiro atoms. The summed E-state index contributed by atoms with van der Waals surface area (Å²) in [6.45, 7) is 3.70. The number of amides is 1. The number of hydrogen-bond acceptors (Lipinski definition) is 5. The quantitative estimate of drug-likeness (QED) is 0.816. The van der Waals surface area contributed by atoms with Gasteiger partial charge in [0.05, 0.1) is 17.1 Å². The molecule has 1 N–H and O–H groups in total. The average molecular weight is 339 g/mol. The summed E-state index contributed by atoms with van der Waals surface area (Å²) >= 11 is 0. The normalized spacial score (nSPS) is 19.5. The number of ether oxygens (including phenoxy) is 1. The first kappa shape index (κ1) is 17.5. The van der Waals surface area contributed by atoms with Crippen LogP contribution in [-0.4, -0.2) is 44.4 Å². The molecule has 2 rings (SSSR count). The van der Waals surface area contributed by atoms with Gasteiger partial charge in [-0.1, -0.05) is 26.0 Å². The number of hydrogen-bond donors (Lipinski definition) is 1. The Balaban J connectivity index is 1.81. The van der Waals surface area contributed by atoms with Gasteiger partial charge in [-0.15, -0.1) is 0 Å². The predicted molar refractivity (Wildman–Crippen MR) is 86.0 cm³/mol. The Kier molecular flexibility index (Phi) is 5.41. The van der Waals surface area contributed by atoms with Crippen molar-refractivity contribution in [3.8, 4) is 0 Å². The summed E-state index contributed by atoms with van der Waals surface area (Å²) in [6.07, 6.45) is 0.401. The second kappa shape index (κ2) is 7.12. The van der Waals surface area contributed by atoms with Gasteiger partial charge in [0.1, 0.15) is 0 Å². The van der Waals surface area contributed by atoms with Crippen LogP contribution in [0.5, 0.6) is 0 Å². The predicted octanol–water partition coefficient (Wildman–Crippen LogP) is 1.27. The van der Waals surface area contributed by atoms with Crippen molar-refractivity contribution in [2.45, 2.75) is 32.2 Å². The van der Waals surface area contributed by atoms with Crippen LogP contribution in [0.2, 0.25) is 0 Å². The van der Waals surface area contributed by atoms with Crippen LogP contribution in [0, 0.1) is 0 Å². The number of sulfone groups is 1. The highest BCUT2D eigenvalue weighted by atomic mass is 32.2. The van der Waals surface area contributed by atoms with E-state index in [-0.39, 0.29) is 11.5 Å². The van der Waals surface area contributed by atoms with Crippen molar-refractivity contribution in [1.82, 2.24) is 5.32 Å². The molecule has 126 valence electrons. The van der Waals surface area contributed by atoms with E-state index in [4.69, 9.17) is 4.74 Å². The average Bonchev–Trinajstić information content (AvgIpc) is 2.83. The number of carbonyl (C=O) groups is 2. The van der Waals surface area contributed by atoms with Crippen LogP contribution in [0.25, 0.3) is 0 Å². The maximum Gasteiger partial charge on any atom is 0.338 e. The minimum Gasteiger partial charge on any atom is -0.452 e. The van der Waals surface area contributed by atoms with Crippen molar-refractivity contribution in [2.75, 3.05) is 18.1 Å². The zero-order chi connectivity index (χ0) is 17.0. The maximum atomic E-state index is 11.9. The summed E-state index contributed by atoms with van der Waals surface area (Å²) in [5, 5.41) is 2.57. The first-order chi connectivity index (χ1) is 10.8. The van der Waals surface area contributed by atoms with Gasteiger partial charge in [-0.05, 0) is 30.0 Å². The molecule has 1 fully saturated rings. The molecule has 1 aromatic carbocycles. The number of benzene rings is 1. The molecule has 0 aromatic heterocycles. The van der Waals surface area contributed by atoms with Gasteiger partial charge < -0.3 is 10.1 Å². The molecule has 1 heterocycles. The van der Waals surface area contributed by atoms with Crippen molar-refractivity contribution in [2.24, 2.45) is 0 Å². The van der Waals surface area contributed by atoms with Crippen molar-refractivity contribution >= 4 is 21.7 Å². The standard InChI is InChI=1S/C16H21NO5S/c1-11(2)12-3-5-13(6-4-12)16(19)22-9-15(18)17-14-7-8-23(20,21)10-14/h3-6,11,14H,7-10H2,1-2H3,(H,17,18)/t14-/m0/s1. The number of nitrogens with one attached hydrogen (secondary N) is 1. The molecule has 0 bridgehead atoms. The molecule has 1 amide bonds. The van der Waals surface area contributed by atoms with Crippen molar-refractivity contribution in [1.29, 1.82) is 0 Å². The van der Waals surface area contributed by atoms with Crippen molar-refractivity contribution in [3.63, 3.8) is 0 Å². The third-order valence-electron chi connectivity index (χ3n) is 3.74. The Morgan fingerprint density at radius 1 is 1.26 bits per heavy atom. The first-order valence-electron chi connectivity index (χ1n) is 7.54. The molecule has 1 aliphatic rings. The molecule has 0 unspecified atom stereocenters. The first-order valence-corrected chi connectivity index (χ1v) is 9.36. The highest BCUT2D eigenvalue weighted by Gasteiger charge is 2.29. The lowest BCUT2D eigenvalue weighted by atomic mass is 10.0. The van der Waals surface area contributed by atoms with E-state index in [1.807, 2.05) is 12.1 Å². The minimum atomic E-state index is -3.05. The fourth-order valence-corrected chi connectivity index (χ4v) is 4.07. The van der Waals surface area contributed by atoms with Crippen LogP contribution in [0.3, 0.4) is 0 Å². The molecule has 0 saturated carbocycles. The highest BCUT2D eigenvalue weighted by Crippen LogP contribution is 2.15. The van der Waals surface area contributed by atoms with Gasteiger partial charge in [0.15, 0.2) is 16.4 Å². The maximum absolute atomic E-state index is 11.9. The van der Waals surface area contributed by atoms with Gasteiger partial charge >= 0.3 is 5.97 Å². The smallest absolute Gasteiger partial charge is 0.338 e. The molecular weight excluding hydrogens is 318 g/mol. The van der Waals surface area contributed by atoms with Crippen LogP contribution >= 0.6 is 0 Å². The summed E-state index contributed by atoms with van der Waals surface area (Å²) in [7, 11) is -3.05. The zero-order valence-electron chi connectivity index (χ0n) is 13.2. The van der Waals surface area contributed by atoms with Gasteiger partial charge in [-0.25, -0.2) is 13.2 Å². The summed E-state index contributed by atoms with van der Waals surface area (Å²) < 4.78 is 27.6. The van der Waals surface area contributed by atoms with Crippen molar-refractivity contribution < 1.29 is 22.7 Å². The molecule has 1 saturated heterocycles. The minimum absolute atomic E-state index is 0.0522. The monoisotopic (exact) mass is 339 g/mol. The van der Waals surface area contributed by atoms with Gasteiger partial charge in [0.25, 0.3) is 5.91 Å². The van der Waals surface area contributed by atoms with Crippen molar-refractivity contribution in [3.05, 3.63) is 35.4 Å². The number of esters is 1. The highest BCUT2D eigenvalue weighted by molar-refractivity contribution is 7.91. The molecule has 6 nitrogen and oxygen atoms in total. The largest absolute Gasteiger partial charge is 0.452 e. The third kappa shape index (κ3) is 5.06. The summed E-state index contributed by atoms with van der Waals surface area (Å²) in [5.74, 6) is -0.661. The molecular formula is C16H21NO5S. The van der Waals surface area contributed by atoms with Gasteiger partial charge in [0, 0.05) is 6.04 Å². The van der Waals surface area contributed by atoms with E-state index in [0.29, 0.717) is 17.9 Å². The fraction of sp³-hybridized carbons (Fsp3) is 0.500. The lowest BCUT2D eigenvalue weighted by Gasteiger charge is -2.11. The van der Waals surface area contributed by atoms with Crippen LogP contribution in [0.15, 0.2) is 24.3 Å². The van der Waals surface area contributed by atoms with Gasteiger partial charge in [-0.3, -0.25) is 4.79 Å². The Morgan fingerprint density at radius 2 is 1.91 bits per heavy atom. The zero-order valence-corrected chi connectivity index (χ0v) is 14.1. The number of rotatable bonds is 5. The number of carbonyl (C=O) groups excluding carboxylic acids is 2. The molecule has 23 heavy (non-hydrogen) atoms. The Hall–Kier alpha value is -1.89.